The predicted octanol–water partition coefficient (Wildman–Crippen LogP) is 5.11. The molecule has 0 unspecified atom stereocenters. The molecular formula is C21H26O2. The Morgan fingerprint density at radius 3 is 2.22 bits per heavy atom. The summed E-state index contributed by atoms with van der Waals surface area (Å²) in [5, 5.41) is 0. The molecule has 2 aromatic carbocycles. The zero-order valence-corrected chi connectivity index (χ0v) is 14.3. The van der Waals surface area contributed by atoms with Gasteiger partial charge in [-0.3, -0.25) is 0 Å². The summed E-state index contributed by atoms with van der Waals surface area (Å²) in [7, 11) is 0. The molecule has 1 fully saturated rings. The molecule has 0 heterocycles. The second-order valence-corrected chi connectivity index (χ2v) is 7.38. The molecule has 0 N–H and O–H groups in total. The highest BCUT2D eigenvalue weighted by Crippen LogP contribution is 2.35. The lowest BCUT2D eigenvalue weighted by Crippen LogP contribution is -2.39. The van der Waals surface area contributed by atoms with Gasteiger partial charge in [-0.25, -0.2) is 0 Å². The van der Waals surface area contributed by atoms with Crippen molar-refractivity contribution < 1.29 is 9.47 Å². The van der Waals surface area contributed by atoms with E-state index in [1.165, 1.54) is 11.1 Å². The van der Waals surface area contributed by atoms with Crippen molar-refractivity contribution in [2.45, 2.75) is 57.8 Å². The number of hydrogen-bond donors (Lipinski definition) is 0. The lowest BCUT2D eigenvalue weighted by molar-refractivity contribution is -0.0687. The van der Waals surface area contributed by atoms with Crippen molar-refractivity contribution >= 4 is 0 Å². The highest BCUT2D eigenvalue weighted by Gasteiger charge is 2.32. The third-order valence-electron chi connectivity index (χ3n) is 4.37. The van der Waals surface area contributed by atoms with Gasteiger partial charge < -0.3 is 9.47 Å². The van der Waals surface area contributed by atoms with E-state index in [1.807, 2.05) is 12.1 Å². The van der Waals surface area contributed by atoms with Gasteiger partial charge in [0, 0.05) is 12.8 Å². The van der Waals surface area contributed by atoms with Crippen molar-refractivity contribution in [3.8, 4) is 5.75 Å². The fourth-order valence-electron chi connectivity index (χ4n) is 2.91. The second kappa shape index (κ2) is 6.76. The van der Waals surface area contributed by atoms with Gasteiger partial charge in [0.1, 0.15) is 11.9 Å². The minimum Gasteiger partial charge on any atom is -0.490 e. The van der Waals surface area contributed by atoms with Gasteiger partial charge >= 0.3 is 0 Å². The second-order valence-electron chi connectivity index (χ2n) is 7.38. The van der Waals surface area contributed by atoms with Crippen LogP contribution in [-0.2, 0) is 16.8 Å². The molecule has 0 bridgehead atoms. The Morgan fingerprint density at radius 1 is 0.870 bits per heavy atom. The molecule has 23 heavy (non-hydrogen) atoms. The molecule has 0 radical (unpaired) electrons. The first-order chi connectivity index (χ1) is 11.0. The maximum absolute atomic E-state index is 6.21. The van der Waals surface area contributed by atoms with E-state index in [2.05, 4.69) is 63.2 Å². The molecule has 1 aliphatic rings. The van der Waals surface area contributed by atoms with E-state index < -0.39 is 0 Å². The van der Waals surface area contributed by atoms with Crippen molar-refractivity contribution in [1.29, 1.82) is 0 Å². The van der Waals surface area contributed by atoms with Crippen LogP contribution < -0.4 is 4.74 Å². The van der Waals surface area contributed by atoms with Crippen LogP contribution in [0.4, 0.5) is 0 Å². The van der Waals surface area contributed by atoms with Gasteiger partial charge in [0.15, 0.2) is 0 Å². The Hall–Kier alpha value is -1.80. The summed E-state index contributed by atoms with van der Waals surface area (Å²) in [5.41, 5.74) is 2.60. The Bertz CT molecular complexity index is 622. The summed E-state index contributed by atoms with van der Waals surface area (Å²) in [6, 6.07) is 18.7. The predicted molar refractivity (Wildman–Crippen MR) is 93.8 cm³/mol. The zero-order valence-electron chi connectivity index (χ0n) is 14.3. The average molecular weight is 310 g/mol. The topological polar surface area (TPSA) is 18.5 Å². The zero-order chi connectivity index (χ0) is 16.3. The third-order valence-corrected chi connectivity index (χ3v) is 4.37. The molecule has 1 aliphatic carbocycles. The minimum atomic E-state index is 0.101. The SMILES string of the molecule is CC(C)(C)c1ccccc1O[C@H]1C[C@@H](OCc2ccccc2)C1. The fraction of sp³-hybridized carbons (Fsp3) is 0.429. The van der Waals surface area contributed by atoms with Crippen LogP contribution in [0.25, 0.3) is 0 Å². The third kappa shape index (κ3) is 4.14. The van der Waals surface area contributed by atoms with E-state index in [0.29, 0.717) is 12.7 Å². The van der Waals surface area contributed by atoms with E-state index in [-0.39, 0.29) is 11.5 Å². The molecule has 0 spiro atoms. The molecule has 0 aliphatic heterocycles. The normalized spacial score (nSPS) is 20.8. The van der Waals surface area contributed by atoms with Crippen molar-refractivity contribution in [1.82, 2.24) is 0 Å². The fourth-order valence-corrected chi connectivity index (χ4v) is 2.91. The van der Waals surface area contributed by atoms with Gasteiger partial charge in [0.25, 0.3) is 0 Å². The molecule has 0 atom stereocenters. The van der Waals surface area contributed by atoms with Crippen LogP contribution in [0.2, 0.25) is 0 Å². The summed E-state index contributed by atoms with van der Waals surface area (Å²) in [4.78, 5) is 0. The largest absolute Gasteiger partial charge is 0.490 e. The average Bonchev–Trinajstić information content (AvgIpc) is 2.50. The van der Waals surface area contributed by atoms with Crippen LogP contribution >= 0.6 is 0 Å². The number of benzene rings is 2. The van der Waals surface area contributed by atoms with Gasteiger partial charge in [-0.1, -0.05) is 69.3 Å². The lowest BCUT2D eigenvalue weighted by atomic mass is 9.86. The minimum absolute atomic E-state index is 0.101. The molecule has 0 saturated heterocycles. The standard InChI is InChI=1S/C21H26O2/c1-21(2,3)19-11-7-8-12-20(19)23-18-13-17(14-18)22-15-16-9-5-4-6-10-16/h4-12,17-18H,13-15H2,1-3H3/t17-,18+. The molecule has 2 aromatic rings. The molecule has 1 saturated carbocycles. The number of ether oxygens (including phenoxy) is 2. The Labute approximate surface area is 139 Å². The van der Waals surface area contributed by atoms with Crippen LogP contribution in [0, 0.1) is 0 Å². The number of para-hydroxylation sites is 1. The molecular weight excluding hydrogens is 284 g/mol. The van der Waals surface area contributed by atoms with Gasteiger partial charge in [0.05, 0.1) is 12.7 Å². The van der Waals surface area contributed by atoms with Crippen LogP contribution in [0.3, 0.4) is 0 Å². The number of hydrogen-bond acceptors (Lipinski definition) is 2. The van der Waals surface area contributed by atoms with Crippen LogP contribution in [-0.4, -0.2) is 12.2 Å². The molecule has 2 nitrogen and oxygen atoms in total. The van der Waals surface area contributed by atoms with E-state index in [1.54, 1.807) is 0 Å². The number of rotatable bonds is 5. The Balaban J connectivity index is 1.49. The maximum Gasteiger partial charge on any atom is 0.123 e. The van der Waals surface area contributed by atoms with Gasteiger partial charge in [-0.05, 0) is 22.6 Å². The molecule has 2 heteroatoms. The summed E-state index contributed by atoms with van der Waals surface area (Å²) >= 11 is 0. The first-order valence-electron chi connectivity index (χ1n) is 8.44. The van der Waals surface area contributed by atoms with Gasteiger partial charge in [0.2, 0.25) is 0 Å². The van der Waals surface area contributed by atoms with Crippen molar-refractivity contribution in [3.05, 3.63) is 65.7 Å². The van der Waals surface area contributed by atoms with E-state index in [9.17, 15) is 0 Å². The van der Waals surface area contributed by atoms with Crippen molar-refractivity contribution in [2.24, 2.45) is 0 Å². The van der Waals surface area contributed by atoms with E-state index in [0.717, 1.165) is 18.6 Å². The molecule has 3 rings (SSSR count). The lowest BCUT2D eigenvalue weighted by Gasteiger charge is -2.36. The first-order valence-corrected chi connectivity index (χ1v) is 8.44. The highest BCUT2D eigenvalue weighted by atomic mass is 16.5. The monoisotopic (exact) mass is 310 g/mol. The first kappa shape index (κ1) is 16.1. The summed E-state index contributed by atoms with van der Waals surface area (Å²) in [6.45, 7) is 7.36. The molecule has 0 amide bonds. The van der Waals surface area contributed by atoms with Crippen molar-refractivity contribution in [3.63, 3.8) is 0 Å². The van der Waals surface area contributed by atoms with Gasteiger partial charge in [-0.2, -0.15) is 0 Å². The van der Waals surface area contributed by atoms with Crippen molar-refractivity contribution in [2.75, 3.05) is 0 Å². The van der Waals surface area contributed by atoms with Crippen LogP contribution in [0.1, 0.15) is 44.7 Å². The summed E-state index contributed by atoms with van der Waals surface area (Å²) in [5.74, 6) is 1.02. The summed E-state index contributed by atoms with van der Waals surface area (Å²) in [6.07, 6.45) is 2.55. The van der Waals surface area contributed by atoms with E-state index >= 15 is 0 Å². The Morgan fingerprint density at radius 2 is 1.52 bits per heavy atom. The smallest absolute Gasteiger partial charge is 0.123 e. The highest BCUT2D eigenvalue weighted by molar-refractivity contribution is 5.38. The summed E-state index contributed by atoms with van der Waals surface area (Å²) < 4.78 is 12.2. The van der Waals surface area contributed by atoms with Gasteiger partial charge in [-0.15, -0.1) is 0 Å². The van der Waals surface area contributed by atoms with Crippen LogP contribution in [0.5, 0.6) is 5.75 Å². The van der Waals surface area contributed by atoms with Crippen LogP contribution in [0.15, 0.2) is 54.6 Å². The Kier molecular flexibility index (Phi) is 4.72. The quantitative estimate of drug-likeness (QED) is 0.764. The maximum atomic E-state index is 6.21. The van der Waals surface area contributed by atoms with E-state index in [4.69, 9.17) is 9.47 Å². The molecule has 0 aromatic heterocycles. The molecule has 122 valence electrons.